The van der Waals surface area contributed by atoms with Gasteiger partial charge in [0.1, 0.15) is 5.82 Å². The Kier molecular flexibility index (Phi) is 4.64. The van der Waals surface area contributed by atoms with Gasteiger partial charge >= 0.3 is 0 Å². The van der Waals surface area contributed by atoms with Crippen molar-refractivity contribution in [2.45, 2.75) is 12.8 Å². The first kappa shape index (κ1) is 13.4. The van der Waals surface area contributed by atoms with E-state index >= 15 is 0 Å². The quantitative estimate of drug-likeness (QED) is 0.824. The minimum atomic E-state index is 0.556. The number of halogens is 2. The molecule has 0 fully saturated rings. The standard InChI is InChI=1S/C13H15Cl2N3/c1-16-6-2-3-13-17-8-12(18-13)9-4-5-10(14)11(15)7-9/h4-5,7-8,16H,2-3,6H2,1H3,(H,17,18). The highest BCUT2D eigenvalue weighted by Crippen LogP contribution is 2.27. The zero-order chi connectivity index (χ0) is 13.0. The predicted octanol–water partition coefficient (Wildman–Crippen LogP) is 3.54. The molecule has 2 rings (SSSR count). The van der Waals surface area contributed by atoms with Crippen molar-refractivity contribution in [2.75, 3.05) is 13.6 Å². The lowest BCUT2D eigenvalue weighted by Gasteiger charge is -2.00. The van der Waals surface area contributed by atoms with Crippen LogP contribution in [0, 0.1) is 0 Å². The summed E-state index contributed by atoms with van der Waals surface area (Å²) in [5.41, 5.74) is 1.96. The Labute approximate surface area is 117 Å². The normalized spacial score (nSPS) is 10.8. The molecule has 0 spiro atoms. The third-order valence-electron chi connectivity index (χ3n) is 2.70. The summed E-state index contributed by atoms with van der Waals surface area (Å²) >= 11 is 11.9. The van der Waals surface area contributed by atoms with Crippen LogP contribution in [0.1, 0.15) is 12.2 Å². The Balaban J connectivity index is 2.11. The van der Waals surface area contributed by atoms with Gasteiger partial charge in [-0.15, -0.1) is 0 Å². The van der Waals surface area contributed by atoms with Crippen molar-refractivity contribution < 1.29 is 0 Å². The highest BCUT2D eigenvalue weighted by molar-refractivity contribution is 6.42. The number of nitrogens with one attached hydrogen (secondary N) is 2. The Morgan fingerprint density at radius 3 is 2.83 bits per heavy atom. The molecular formula is C13H15Cl2N3. The molecule has 0 unspecified atom stereocenters. The number of aryl methyl sites for hydroxylation is 1. The van der Waals surface area contributed by atoms with Gasteiger partial charge in [0.15, 0.2) is 0 Å². The Morgan fingerprint density at radius 1 is 1.28 bits per heavy atom. The fourth-order valence-corrected chi connectivity index (χ4v) is 2.03. The summed E-state index contributed by atoms with van der Waals surface area (Å²) in [5, 5.41) is 4.24. The summed E-state index contributed by atoms with van der Waals surface area (Å²) in [6.45, 7) is 0.989. The lowest BCUT2D eigenvalue weighted by Crippen LogP contribution is -2.08. The molecule has 96 valence electrons. The van der Waals surface area contributed by atoms with Crippen molar-refractivity contribution in [3.05, 3.63) is 40.3 Å². The summed E-state index contributed by atoms with van der Waals surface area (Å²) < 4.78 is 0. The van der Waals surface area contributed by atoms with Gasteiger partial charge < -0.3 is 10.3 Å². The van der Waals surface area contributed by atoms with E-state index in [9.17, 15) is 0 Å². The average molecular weight is 284 g/mol. The van der Waals surface area contributed by atoms with Gasteiger partial charge in [-0.3, -0.25) is 0 Å². The van der Waals surface area contributed by atoms with E-state index in [1.807, 2.05) is 25.4 Å². The van der Waals surface area contributed by atoms with Crippen LogP contribution in [0.4, 0.5) is 0 Å². The first-order chi connectivity index (χ1) is 8.70. The maximum Gasteiger partial charge on any atom is 0.106 e. The SMILES string of the molecule is CNCCCc1ncc(-c2ccc(Cl)c(Cl)c2)[nH]1. The van der Waals surface area contributed by atoms with Gasteiger partial charge in [-0.2, -0.15) is 0 Å². The summed E-state index contributed by atoms with van der Waals surface area (Å²) in [4.78, 5) is 7.65. The van der Waals surface area contributed by atoms with E-state index in [0.717, 1.165) is 36.5 Å². The van der Waals surface area contributed by atoms with Crippen molar-refractivity contribution >= 4 is 23.2 Å². The predicted molar refractivity (Wildman–Crippen MR) is 76.3 cm³/mol. The molecule has 0 amide bonds. The second kappa shape index (κ2) is 6.23. The molecular weight excluding hydrogens is 269 g/mol. The molecule has 0 bridgehead atoms. The number of hydrogen-bond donors (Lipinski definition) is 2. The number of aromatic nitrogens is 2. The molecule has 2 aromatic rings. The molecule has 0 saturated carbocycles. The molecule has 0 aliphatic heterocycles. The molecule has 3 nitrogen and oxygen atoms in total. The first-order valence-corrected chi connectivity index (χ1v) is 6.60. The van der Waals surface area contributed by atoms with E-state index in [1.54, 1.807) is 6.07 Å². The van der Waals surface area contributed by atoms with Crippen molar-refractivity contribution in [3.63, 3.8) is 0 Å². The van der Waals surface area contributed by atoms with Crippen LogP contribution in [0.25, 0.3) is 11.3 Å². The molecule has 2 N–H and O–H groups in total. The molecule has 18 heavy (non-hydrogen) atoms. The zero-order valence-corrected chi connectivity index (χ0v) is 11.6. The van der Waals surface area contributed by atoms with Gasteiger partial charge in [0.2, 0.25) is 0 Å². The smallest absolute Gasteiger partial charge is 0.106 e. The Hall–Kier alpha value is -1.03. The number of hydrogen-bond acceptors (Lipinski definition) is 2. The monoisotopic (exact) mass is 283 g/mol. The topological polar surface area (TPSA) is 40.7 Å². The second-order valence-electron chi connectivity index (χ2n) is 4.08. The molecule has 5 heteroatoms. The number of benzene rings is 1. The van der Waals surface area contributed by atoms with Crippen molar-refractivity contribution in [1.29, 1.82) is 0 Å². The van der Waals surface area contributed by atoms with Crippen LogP contribution >= 0.6 is 23.2 Å². The van der Waals surface area contributed by atoms with Crippen LogP contribution < -0.4 is 5.32 Å². The van der Waals surface area contributed by atoms with Crippen LogP contribution in [0.15, 0.2) is 24.4 Å². The maximum atomic E-state index is 6.00. The Morgan fingerprint density at radius 2 is 2.11 bits per heavy atom. The maximum absolute atomic E-state index is 6.00. The molecule has 0 aliphatic rings. The highest BCUT2D eigenvalue weighted by Gasteiger charge is 2.05. The van der Waals surface area contributed by atoms with Gasteiger partial charge in [0, 0.05) is 12.0 Å². The van der Waals surface area contributed by atoms with Crippen LogP contribution in [0.5, 0.6) is 0 Å². The van der Waals surface area contributed by atoms with E-state index in [1.165, 1.54) is 0 Å². The zero-order valence-electron chi connectivity index (χ0n) is 10.1. The van der Waals surface area contributed by atoms with Gasteiger partial charge in [-0.05, 0) is 32.1 Å². The van der Waals surface area contributed by atoms with Crippen LogP contribution in [-0.4, -0.2) is 23.6 Å². The number of rotatable bonds is 5. The highest BCUT2D eigenvalue weighted by atomic mass is 35.5. The Bertz CT molecular complexity index is 523. The largest absolute Gasteiger partial charge is 0.342 e. The van der Waals surface area contributed by atoms with Crippen LogP contribution in [0.2, 0.25) is 10.0 Å². The van der Waals surface area contributed by atoms with E-state index in [2.05, 4.69) is 15.3 Å². The third-order valence-corrected chi connectivity index (χ3v) is 3.44. The molecule has 1 aromatic heterocycles. The molecule has 1 aromatic carbocycles. The van der Waals surface area contributed by atoms with Crippen LogP contribution in [-0.2, 0) is 6.42 Å². The van der Waals surface area contributed by atoms with E-state index in [0.29, 0.717) is 10.0 Å². The van der Waals surface area contributed by atoms with E-state index in [-0.39, 0.29) is 0 Å². The van der Waals surface area contributed by atoms with Gasteiger partial charge in [0.05, 0.1) is 21.9 Å². The van der Waals surface area contributed by atoms with Gasteiger partial charge in [0.25, 0.3) is 0 Å². The van der Waals surface area contributed by atoms with E-state index in [4.69, 9.17) is 23.2 Å². The van der Waals surface area contributed by atoms with Crippen LogP contribution in [0.3, 0.4) is 0 Å². The number of H-pyrrole nitrogens is 1. The summed E-state index contributed by atoms with van der Waals surface area (Å²) in [7, 11) is 1.95. The fourth-order valence-electron chi connectivity index (χ4n) is 1.73. The van der Waals surface area contributed by atoms with Crippen molar-refractivity contribution in [3.8, 4) is 11.3 Å². The van der Waals surface area contributed by atoms with Gasteiger partial charge in [-0.25, -0.2) is 4.98 Å². The first-order valence-electron chi connectivity index (χ1n) is 5.84. The summed E-state index contributed by atoms with van der Waals surface area (Å²) in [6, 6.07) is 5.56. The van der Waals surface area contributed by atoms with Crippen molar-refractivity contribution in [1.82, 2.24) is 15.3 Å². The molecule has 0 aliphatic carbocycles. The molecule has 0 atom stereocenters. The molecule has 0 saturated heterocycles. The molecule has 1 heterocycles. The van der Waals surface area contributed by atoms with Crippen molar-refractivity contribution in [2.24, 2.45) is 0 Å². The summed E-state index contributed by atoms with van der Waals surface area (Å²) in [5.74, 6) is 0.992. The molecule has 0 radical (unpaired) electrons. The number of nitrogens with zero attached hydrogens (tertiary/aromatic N) is 1. The lowest BCUT2D eigenvalue weighted by molar-refractivity contribution is 0.707. The minimum absolute atomic E-state index is 0.556. The lowest BCUT2D eigenvalue weighted by atomic mass is 10.2. The second-order valence-corrected chi connectivity index (χ2v) is 4.89. The number of aromatic amines is 1. The minimum Gasteiger partial charge on any atom is -0.342 e. The average Bonchev–Trinajstić information content (AvgIpc) is 2.82. The summed E-state index contributed by atoms with van der Waals surface area (Å²) in [6.07, 6.45) is 3.82. The van der Waals surface area contributed by atoms with Gasteiger partial charge in [-0.1, -0.05) is 29.3 Å². The fraction of sp³-hybridized carbons (Fsp3) is 0.308. The number of imidazole rings is 1. The third kappa shape index (κ3) is 3.25. The van der Waals surface area contributed by atoms with E-state index < -0.39 is 0 Å².